The summed E-state index contributed by atoms with van der Waals surface area (Å²) in [6, 6.07) is 7.49. The molecule has 2 saturated carbocycles. The molecule has 0 saturated heterocycles. The highest BCUT2D eigenvalue weighted by Crippen LogP contribution is 2.49. The Hall–Kier alpha value is -1.11. The fourth-order valence-corrected chi connectivity index (χ4v) is 4.14. The molecule has 0 radical (unpaired) electrons. The molecule has 2 aliphatic rings. The molecule has 2 bridgehead atoms. The molecule has 1 amide bonds. The van der Waals surface area contributed by atoms with Gasteiger partial charge in [-0.3, -0.25) is 9.59 Å². The predicted octanol–water partition coefficient (Wildman–Crippen LogP) is 3.60. The minimum atomic E-state index is -0.289. The Kier molecular flexibility index (Phi) is 5.00. The Morgan fingerprint density at radius 1 is 1.18 bits per heavy atom. The Bertz CT molecular complexity index is 558. The molecule has 2 fully saturated rings. The molecular formula is C17H20INO3. The van der Waals surface area contributed by atoms with E-state index in [9.17, 15) is 9.59 Å². The molecule has 1 N–H and O–H groups in total. The zero-order chi connectivity index (χ0) is 15.5. The number of anilines is 1. The zero-order valence-electron chi connectivity index (χ0n) is 12.4. The Balaban J connectivity index is 1.39. The van der Waals surface area contributed by atoms with Crippen LogP contribution in [0, 0.1) is 21.3 Å². The van der Waals surface area contributed by atoms with Crippen LogP contribution in [0.2, 0.25) is 0 Å². The van der Waals surface area contributed by atoms with E-state index in [1.807, 2.05) is 24.3 Å². The van der Waals surface area contributed by atoms with Gasteiger partial charge in [-0.1, -0.05) is 6.42 Å². The van der Waals surface area contributed by atoms with E-state index in [-0.39, 0.29) is 18.5 Å². The average Bonchev–Trinajstić information content (AvgIpc) is 3.10. The van der Waals surface area contributed by atoms with Gasteiger partial charge in [0.2, 0.25) is 0 Å². The third-order valence-corrected chi connectivity index (χ3v) is 5.52. The van der Waals surface area contributed by atoms with E-state index in [1.165, 1.54) is 19.3 Å². The summed E-state index contributed by atoms with van der Waals surface area (Å²) in [5, 5.41) is 2.73. The molecule has 1 aromatic rings. The van der Waals surface area contributed by atoms with Crippen LogP contribution < -0.4 is 5.32 Å². The molecular weight excluding hydrogens is 393 g/mol. The molecule has 1 aromatic carbocycles. The third kappa shape index (κ3) is 4.00. The van der Waals surface area contributed by atoms with E-state index < -0.39 is 0 Å². The first-order chi connectivity index (χ1) is 10.6. The maximum Gasteiger partial charge on any atom is 0.306 e. The summed E-state index contributed by atoms with van der Waals surface area (Å²) in [4.78, 5) is 23.7. The van der Waals surface area contributed by atoms with Crippen LogP contribution in [-0.2, 0) is 14.3 Å². The summed E-state index contributed by atoms with van der Waals surface area (Å²) < 4.78 is 6.22. The molecule has 0 aliphatic heterocycles. The number of esters is 1. The quantitative estimate of drug-likeness (QED) is 0.593. The Morgan fingerprint density at radius 2 is 1.95 bits per heavy atom. The monoisotopic (exact) mass is 413 g/mol. The lowest BCUT2D eigenvalue weighted by Gasteiger charge is -2.20. The molecule has 0 heterocycles. The van der Waals surface area contributed by atoms with E-state index >= 15 is 0 Å². The second kappa shape index (κ2) is 6.98. The number of carbonyl (C=O) groups excluding carboxylic acids is 2. The van der Waals surface area contributed by atoms with Crippen molar-refractivity contribution >= 4 is 40.2 Å². The smallest absolute Gasteiger partial charge is 0.306 e. The summed E-state index contributed by atoms with van der Waals surface area (Å²) in [7, 11) is 0. The molecule has 0 spiro atoms. The summed E-state index contributed by atoms with van der Waals surface area (Å²) in [6.07, 6.45) is 5.50. The number of amides is 1. The van der Waals surface area contributed by atoms with Gasteiger partial charge in [-0.15, -0.1) is 0 Å². The lowest BCUT2D eigenvalue weighted by Crippen LogP contribution is -2.23. The van der Waals surface area contributed by atoms with E-state index in [2.05, 4.69) is 27.9 Å². The van der Waals surface area contributed by atoms with Crippen molar-refractivity contribution in [3.05, 3.63) is 27.8 Å². The van der Waals surface area contributed by atoms with Crippen LogP contribution in [0.25, 0.3) is 0 Å². The van der Waals surface area contributed by atoms with Crippen LogP contribution in [0.1, 0.15) is 32.1 Å². The standard InChI is InChI=1S/C17H20INO3/c18-14-3-5-15(6-4-14)19-16(20)10-22-17(21)9-13-8-11-1-2-12(13)7-11/h3-6,11-13H,1-2,7-10H2,(H,19,20)/t11-,12+,13+/m1/s1. The lowest BCUT2D eigenvalue weighted by atomic mass is 9.86. The minimum Gasteiger partial charge on any atom is -0.456 e. The van der Waals surface area contributed by atoms with Crippen LogP contribution in [0.15, 0.2) is 24.3 Å². The fraction of sp³-hybridized carbons (Fsp3) is 0.529. The second-order valence-electron chi connectivity index (χ2n) is 6.35. The summed E-state index contributed by atoms with van der Waals surface area (Å²) in [6.45, 7) is -0.203. The van der Waals surface area contributed by atoms with Gasteiger partial charge in [-0.25, -0.2) is 0 Å². The summed E-state index contributed by atoms with van der Waals surface area (Å²) >= 11 is 2.20. The van der Waals surface area contributed by atoms with Crippen molar-refractivity contribution in [2.45, 2.75) is 32.1 Å². The molecule has 3 atom stereocenters. The van der Waals surface area contributed by atoms with E-state index in [0.29, 0.717) is 18.3 Å². The van der Waals surface area contributed by atoms with E-state index in [0.717, 1.165) is 21.6 Å². The molecule has 4 nitrogen and oxygen atoms in total. The molecule has 0 aromatic heterocycles. The number of fused-ring (bicyclic) bond motifs is 2. The van der Waals surface area contributed by atoms with Gasteiger partial charge in [0.05, 0.1) is 0 Å². The average molecular weight is 413 g/mol. The molecule has 5 heteroatoms. The van der Waals surface area contributed by atoms with Gasteiger partial charge in [0.15, 0.2) is 6.61 Å². The molecule has 2 aliphatic carbocycles. The summed E-state index contributed by atoms with van der Waals surface area (Å²) in [5.41, 5.74) is 0.717. The van der Waals surface area contributed by atoms with Crippen molar-refractivity contribution in [1.29, 1.82) is 0 Å². The molecule has 22 heavy (non-hydrogen) atoms. The van der Waals surface area contributed by atoms with Crippen LogP contribution in [0.4, 0.5) is 5.69 Å². The number of hydrogen-bond donors (Lipinski definition) is 1. The van der Waals surface area contributed by atoms with Gasteiger partial charge in [-0.2, -0.15) is 0 Å². The van der Waals surface area contributed by atoms with Crippen molar-refractivity contribution in [2.75, 3.05) is 11.9 Å². The van der Waals surface area contributed by atoms with E-state index in [4.69, 9.17) is 4.74 Å². The van der Waals surface area contributed by atoms with E-state index in [1.54, 1.807) is 0 Å². The largest absolute Gasteiger partial charge is 0.456 e. The molecule has 0 unspecified atom stereocenters. The first-order valence-corrected chi connectivity index (χ1v) is 8.89. The van der Waals surface area contributed by atoms with Gasteiger partial charge in [0.25, 0.3) is 5.91 Å². The number of hydrogen-bond acceptors (Lipinski definition) is 3. The number of ether oxygens (including phenoxy) is 1. The lowest BCUT2D eigenvalue weighted by molar-refractivity contribution is -0.148. The minimum absolute atomic E-state index is 0.203. The highest BCUT2D eigenvalue weighted by molar-refractivity contribution is 14.1. The summed E-state index contributed by atoms with van der Waals surface area (Å²) in [5.74, 6) is 1.48. The van der Waals surface area contributed by atoms with Crippen LogP contribution >= 0.6 is 22.6 Å². The van der Waals surface area contributed by atoms with Crippen LogP contribution in [0.3, 0.4) is 0 Å². The van der Waals surface area contributed by atoms with Gasteiger partial charge in [0.1, 0.15) is 0 Å². The number of carbonyl (C=O) groups is 2. The highest BCUT2D eigenvalue weighted by atomic mass is 127. The van der Waals surface area contributed by atoms with Crippen molar-refractivity contribution in [2.24, 2.45) is 17.8 Å². The van der Waals surface area contributed by atoms with Gasteiger partial charge in [-0.05, 0) is 83.9 Å². The fourth-order valence-electron chi connectivity index (χ4n) is 3.78. The third-order valence-electron chi connectivity index (χ3n) is 4.81. The van der Waals surface area contributed by atoms with Crippen molar-refractivity contribution in [3.63, 3.8) is 0 Å². The number of nitrogens with one attached hydrogen (secondary N) is 1. The normalized spacial score (nSPS) is 26.0. The number of benzene rings is 1. The highest BCUT2D eigenvalue weighted by Gasteiger charge is 2.40. The van der Waals surface area contributed by atoms with Gasteiger partial charge in [0, 0.05) is 15.7 Å². The number of halogens is 1. The maximum absolute atomic E-state index is 11.9. The number of rotatable bonds is 5. The first kappa shape index (κ1) is 15.8. The maximum atomic E-state index is 11.9. The van der Waals surface area contributed by atoms with Crippen molar-refractivity contribution in [3.8, 4) is 0 Å². The zero-order valence-corrected chi connectivity index (χ0v) is 14.5. The van der Waals surface area contributed by atoms with Crippen LogP contribution in [0.5, 0.6) is 0 Å². The van der Waals surface area contributed by atoms with Gasteiger partial charge >= 0.3 is 5.97 Å². The van der Waals surface area contributed by atoms with Crippen LogP contribution in [-0.4, -0.2) is 18.5 Å². The van der Waals surface area contributed by atoms with Gasteiger partial charge < -0.3 is 10.1 Å². The SMILES string of the molecule is O=C(COC(=O)C[C@@H]1C[C@@H]2CC[C@H]1C2)Nc1ccc(I)cc1. The predicted molar refractivity (Wildman–Crippen MR) is 92.3 cm³/mol. The van der Waals surface area contributed by atoms with Crippen molar-refractivity contribution in [1.82, 2.24) is 0 Å². The molecule has 118 valence electrons. The van der Waals surface area contributed by atoms with Crippen molar-refractivity contribution < 1.29 is 14.3 Å². The topological polar surface area (TPSA) is 55.4 Å². The second-order valence-corrected chi connectivity index (χ2v) is 7.60. The Labute approximate surface area is 144 Å². The first-order valence-electron chi connectivity index (χ1n) is 7.81. The Morgan fingerprint density at radius 3 is 2.59 bits per heavy atom. The molecule has 3 rings (SSSR count).